The van der Waals surface area contributed by atoms with E-state index in [-0.39, 0.29) is 5.69 Å². The molecule has 0 unspecified atom stereocenters. The van der Waals surface area contributed by atoms with Crippen molar-refractivity contribution in [2.75, 3.05) is 12.0 Å². The number of benzene rings is 1. The summed E-state index contributed by atoms with van der Waals surface area (Å²) >= 11 is -2.40. The minimum atomic E-state index is -3.12. The van der Waals surface area contributed by atoms with Crippen LogP contribution in [0.3, 0.4) is 0 Å². The molecule has 0 aromatic heterocycles. The van der Waals surface area contributed by atoms with Crippen LogP contribution in [-0.2, 0) is 18.3 Å². The first-order valence-electron chi connectivity index (χ1n) is 4.54. The van der Waals surface area contributed by atoms with Gasteiger partial charge in [0.1, 0.15) is 0 Å². The Kier molecular flexibility index (Phi) is 6.12. The van der Waals surface area contributed by atoms with Crippen LogP contribution in [0.5, 0.6) is 5.75 Å². The Labute approximate surface area is 116 Å². The van der Waals surface area contributed by atoms with Gasteiger partial charge < -0.3 is 0 Å². The summed E-state index contributed by atoms with van der Waals surface area (Å²) < 4.78 is 31.0. The fourth-order valence-corrected chi connectivity index (χ4v) is 2.78. The van der Waals surface area contributed by atoms with Gasteiger partial charge in [-0.05, 0) is 0 Å². The Balaban J connectivity index is 3.09. The first kappa shape index (κ1) is 15.5. The number of methoxy groups -OCH3 is 1. The minimum absolute atomic E-state index is 0.265. The molecule has 0 aliphatic heterocycles. The number of rotatable bonds is 4. The van der Waals surface area contributed by atoms with Gasteiger partial charge in [-0.15, -0.1) is 0 Å². The summed E-state index contributed by atoms with van der Waals surface area (Å²) in [7, 11) is 12.7. The average Bonchev–Trinajstić information content (AvgIpc) is 2.35. The fourth-order valence-electron chi connectivity index (χ4n) is 1.14. The van der Waals surface area contributed by atoms with Gasteiger partial charge in [0.15, 0.2) is 0 Å². The maximum absolute atomic E-state index is 12.5. The fraction of sp³-hybridized carbons (Fsp3) is 0.200. The Bertz CT molecular complexity index is 450. The molecule has 8 heteroatoms. The summed E-state index contributed by atoms with van der Waals surface area (Å²) in [5.74, 6) is -0.811. The van der Waals surface area contributed by atoms with Gasteiger partial charge in [0.05, 0.1) is 0 Å². The molecule has 18 heavy (non-hydrogen) atoms. The van der Waals surface area contributed by atoms with E-state index in [0.717, 1.165) is 9.63 Å². The van der Waals surface area contributed by atoms with E-state index in [9.17, 15) is 13.6 Å². The molecule has 0 aliphatic carbocycles. The van der Waals surface area contributed by atoms with Gasteiger partial charge in [0, 0.05) is 0 Å². The normalized spacial score (nSPS) is 11.1. The number of hydrogen-bond acceptors (Lipinski definition) is 2. The van der Waals surface area contributed by atoms with Crippen LogP contribution in [0.2, 0.25) is 0 Å². The maximum atomic E-state index is 12.5. The number of carbonyl (C=O) groups is 1. The Hall–Kier alpha value is -0.577. The first-order valence-corrected chi connectivity index (χ1v) is 10.0. The van der Waals surface area contributed by atoms with Crippen molar-refractivity contribution in [1.29, 1.82) is 0 Å². The number of anilines is 1. The predicted molar refractivity (Wildman–Crippen MR) is 64.3 cm³/mol. The SMILES string of the molecule is COc1ccc(N([CH]=[Ru]([Cl])[Cl])C(=O)C(F)F)cc1. The molecule has 102 valence electrons. The van der Waals surface area contributed by atoms with E-state index >= 15 is 0 Å². The molecule has 1 aromatic carbocycles. The molecular formula is C10H9Cl2F2NO2Ru. The summed E-state index contributed by atoms with van der Waals surface area (Å²) in [5.41, 5.74) is 0.265. The standard InChI is InChI=1S/C10H9F2NO2.2ClH.Ru/c1-13(10(14)9(11)12)7-3-5-8(15-2)6-4-7;;;/h1,3-6,9H,2H3;2*1H;/q;;;+2/p-2. The second kappa shape index (κ2) is 7.12. The monoisotopic (exact) mass is 385 g/mol. The van der Waals surface area contributed by atoms with E-state index in [2.05, 4.69) is 0 Å². The Morgan fingerprint density at radius 2 is 1.94 bits per heavy atom. The van der Waals surface area contributed by atoms with E-state index in [0.29, 0.717) is 5.75 Å². The molecule has 0 aliphatic rings. The van der Waals surface area contributed by atoms with Gasteiger partial charge in [-0.1, -0.05) is 0 Å². The third-order valence-electron chi connectivity index (χ3n) is 1.93. The van der Waals surface area contributed by atoms with Crippen molar-refractivity contribution in [3.63, 3.8) is 0 Å². The summed E-state index contributed by atoms with van der Waals surface area (Å²) in [6, 6.07) is 6.05. The van der Waals surface area contributed by atoms with E-state index in [1.165, 1.54) is 19.2 Å². The molecular weight excluding hydrogens is 376 g/mol. The molecule has 0 saturated heterocycles. The summed E-state index contributed by atoms with van der Waals surface area (Å²) in [6.45, 7) is 0. The van der Waals surface area contributed by atoms with Crippen LogP contribution in [-0.4, -0.2) is 24.2 Å². The summed E-state index contributed by atoms with van der Waals surface area (Å²) in [5, 5.41) is 0. The molecule has 0 N–H and O–H groups in total. The molecule has 1 rings (SSSR count). The zero-order valence-electron chi connectivity index (χ0n) is 9.09. The molecule has 0 fully saturated rings. The van der Waals surface area contributed by atoms with Crippen LogP contribution in [0.4, 0.5) is 14.5 Å². The third-order valence-corrected chi connectivity index (χ3v) is 3.54. The molecule has 1 aromatic rings. The molecule has 0 heterocycles. The number of ether oxygens (including phenoxy) is 1. The van der Waals surface area contributed by atoms with Crippen molar-refractivity contribution in [3.8, 4) is 5.75 Å². The summed E-state index contributed by atoms with van der Waals surface area (Å²) in [4.78, 5) is 12.1. The van der Waals surface area contributed by atoms with Crippen LogP contribution in [0.25, 0.3) is 0 Å². The quantitative estimate of drug-likeness (QED) is 0.746. The molecule has 0 radical (unpaired) electrons. The topological polar surface area (TPSA) is 29.5 Å². The van der Waals surface area contributed by atoms with Crippen molar-refractivity contribution in [1.82, 2.24) is 0 Å². The van der Waals surface area contributed by atoms with Gasteiger partial charge in [-0.2, -0.15) is 0 Å². The second-order valence-electron chi connectivity index (χ2n) is 3.00. The first-order chi connectivity index (χ1) is 8.45. The predicted octanol–water partition coefficient (Wildman–Crippen LogP) is 2.98. The van der Waals surface area contributed by atoms with Gasteiger partial charge in [0.25, 0.3) is 0 Å². The number of halogens is 4. The third kappa shape index (κ3) is 4.27. The second-order valence-corrected chi connectivity index (χ2v) is 8.67. The van der Waals surface area contributed by atoms with E-state index in [4.69, 9.17) is 24.1 Å². The molecule has 0 atom stereocenters. The molecule has 1 amide bonds. The number of amides is 1. The van der Waals surface area contributed by atoms with Gasteiger partial charge in [0.2, 0.25) is 0 Å². The zero-order valence-corrected chi connectivity index (χ0v) is 12.3. The van der Waals surface area contributed by atoms with Crippen molar-refractivity contribution in [2.45, 2.75) is 6.43 Å². The molecule has 0 bridgehead atoms. The van der Waals surface area contributed by atoms with E-state index in [1.54, 1.807) is 12.1 Å². The van der Waals surface area contributed by atoms with Crippen LogP contribution in [0.15, 0.2) is 24.3 Å². The van der Waals surface area contributed by atoms with Gasteiger partial charge in [-0.25, -0.2) is 0 Å². The molecule has 3 nitrogen and oxygen atoms in total. The molecule has 0 saturated carbocycles. The van der Waals surface area contributed by atoms with Crippen LogP contribution in [0.1, 0.15) is 0 Å². The summed E-state index contributed by atoms with van der Waals surface area (Å²) in [6.07, 6.45) is -3.12. The van der Waals surface area contributed by atoms with Crippen molar-refractivity contribution in [3.05, 3.63) is 24.3 Å². The van der Waals surface area contributed by atoms with Crippen molar-refractivity contribution < 1.29 is 31.8 Å². The number of carbonyl (C=O) groups excluding carboxylic acids is 1. The number of nitrogens with zero attached hydrogens (tertiary/aromatic N) is 1. The Morgan fingerprint density at radius 3 is 2.33 bits per heavy atom. The van der Waals surface area contributed by atoms with Crippen LogP contribution >= 0.6 is 19.4 Å². The van der Waals surface area contributed by atoms with Gasteiger partial charge in [-0.3, -0.25) is 0 Å². The number of hydrogen-bond donors (Lipinski definition) is 0. The number of alkyl halides is 2. The Morgan fingerprint density at radius 1 is 1.39 bits per heavy atom. The zero-order chi connectivity index (χ0) is 13.7. The van der Waals surface area contributed by atoms with Crippen molar-refractivity contribution >= 4 is 35.7 Å². The van der Waals surface area contributed by atoms with Crippen LogP contribution < -0.4 is 9.64 Å². The van der Waals surface area contributed by atoms with E-state index in [1.807, 2.05) is 0 Å². The average molecular weight is 385 g/mol. The van der Waals surface area contributed by atoms with Crippen LogP contribution in [0, 0.1) is 0 Å². The van der Waals surface area contributed by atoms with Gasteiger partial charge >= 0.3 is 116 Å². The van der Waals surface area contributed by atoms with E-state index < -0.39 is 25.9 Å². The van der Waals surface area contributed by atoms with Crippen molar-refractivity contribution in [2.24, 2.45) is 0 Å². The molecule has 0 spiro atoms.